The van der Waals surface area contributed by atoms with E-state index in [1.54, 1.807) is 7.11 Å². The number of hydrogen-bond donors (Lipinski definition) is 2. The summed E-state index contributed by atoms with van der Waals surface area (Å²) in [5, 5.41) is 7.38. The van der Waals surface area contributed by atoms with Crippen molar-refractivity contribution in [2.75, 3.05) is 19.0 Å². The van der Waals surface area contributed by atoms with Gasteiger partial charge in [0.15, 0.2) is 0 Å². The third-order valence-corrected chi connectivity index (χ3v) is 3.82. The van der Waals surface area contributed by atoms with Gasteiger partial charge in [0.1, 0.15) is 5.75 Å². The lowest BCUT2D eigenvalue weighted by Crippen LogP contribution is -2.16. The van der Waals surface area contributed by atoms with Crippen LogP contribution in [-0.4, -0.2) is 13.7 Å². The molecule has 0 heterocycles. The van der Waals surface area contributed by atoms with Gasteiger partial charge in [-0.25, -0.2) is 0 Å². The SMILES string of the molecule is C=C(C)Nc1ccc(CCNCc2ccc(OC)cc2)c(Cl)c1.CC. The molecule has 0 spiro atoms. The molecule has 0 saturated heterocycles. The molecule has 0 aromatic heterocycles. The Hall–Kier alpha value is -1.97. The van der Waals surface area contributed by atoms with Crippen LogP contribution < -0.4 is 15.4 Å². The first-order valence-corrected chi connectivity index (χ1v) is 9.01. The van der Waals surface area contributed by atoms with Crippen molar-refractivity contribution in [1.82, 2.24) is 5.32 Å². The van der Waals surface area contributed by atoms with Gasteiger partial charge in [0.05, 0.1) is 7.11 Å². The molecule has 0 radical (unpaired) electrons. The molecule has 2 aromatic carbocycles. The van der Waals surface area contributed by atoms with E-state index in [1.165, 1.54) is 5.56 Å². The van der Waals surface area contributed by atoms with Gasteiger partial charge < -0.3 is 15.4 Å². The zero-order valence-electron chi connectivity index (χ0n) is 15.7. The third kappa shape index (κ3) is 7.63. The normalized spacial score (nSPS) is 9.80. The van der Waals surface area contributed by atoms with Crippen LogP contribution in [0.5, 0.6) is 5.75 Å². The highest BCUT2D eigenvalue weighted by Gasteiger charge is 2.02. The summed E-state index contributed by atoms with van der Waals surface area (Å²) in [6, 6.07) is 14.1. The highest BCUT2D eigenvalue weighted by Crippen LogP contribution is 2.22. The van der Waals surface area contributed by atoms with Crippen molar-refractivity contribution in [2.24, 2.45) is 0 Å². The first kappa shape index (κ1) is 21.1. The summed E-state index contributed by atoms with van der Waals surface area (Å²) in [7, 11) is 1.67. The minimum atomic E-state index is 0.780. The number of ether oxygens (including phenoxy) is 1. The molecule has 0 aliphatic heterocycles. The van der Waals surface area contributed by atoms with Gasteiger partial charge >= 0.3 is 0 Å². The van der Waals surface area contributed by atoms with Crippen LogP contribution in [-0.2, 0) is 13.0 Å². The van der Waals surface area contributed by atoms with Crippen LogP contribution in [0.3, 0.4) is 0 Å². The van der Waals surface area contributed by atoms with Gasteiger partial charge in [0, 0.05) is 23.0 Å². The lowest BCUT2D eigenvalue weighted by Gasteiger charge is -2.10. The van der Waals surface area contributed by atoms with Gasteiger partial charge in [-0.15, -0.1) is 0 Å². The van der Waals surface area contributed by atoms with Gasteiger partial charge in [-0.1, -0.05) is 50.2 Å². The van der Waals surface area contributed by atoms with Crippen LogP contribution in [0, 0.1) is 0 Å². The maximum absolute atomic E-state index is 6.33. The molecule has 0 bridgehead atoms. The van der Waals surface area contributed by atoms with Crippen molar-refractivity contribution >= 4 is 17.3 Å². The highest BCUT2D eigenvalue weighted by atomic mass is 35.5. The first-order valence-electron chi connectivity index (χ1n) is 8.63. The summed E-state index contributed by atoms with van der Waals surface area (Å²) in [5.41, 5.74) is 4.24. The summed E-state index contributed by atoms with van der Waals surface area (Å²) in [5.74, 6) is 0.879. The topological polar surface area (TPSA) is 33.3 Å². The molecule has 2 N–H and O–H groups in total. The largest absolute Gasteiger partial charge is 0.497 e. The molecule has 0 aliphatic carbocycles. The van der Waals surface area contributed by atoms with Crippen molar-refractivity contribution in [3.05, 3.63) is 70.9 Å². The van der Waals surface area contributed by atoms with Crippen LogP contribution in [0.4, 0.5) is 5.69 Å². The molecule has 4 heteroatoms. The Morgan fingerprint density at radius 3 is 2.36 bits per heavy atom. The molecule has 0 fully saturated rings. The van der Waals surface area contributed by atoms with E-state index >= 15 is 0 Å². The second-order valence-corrected chi connectivity index (χ2v) is 5.89. The van der Waals surface area contributed by atoms with Gasteiger partial charge in [0.2, 0.25) is 0 Å². The second kappa shape index (κ2) is 11.6. The summed E-state index contributed by atoms with van der Waals surface area (Å²) in [6.45, 7) is 11.5. The van der Waals surface area contributed by atoms with Gasteiger partial charge in [-0.2, -0.15) is 0 Å². The van der Waals surface area contributed by atoms with E-state index in [2.05, 4.69) is 35.4 Å². The quantitative estimate of drug-likeness (QED) is 0.596. The summed E-state index contributed by atoms with van der Waals surface area (Å²) in [4.78, 5) is 0. The van der Waals surface area contributed by atoms with Crippen LogP contribution in [0.15, 0.2) is 54.7 Å². The van der Waals surface area contributed by atoms with E-state index in [1.807, 2.05) is 45.0 Å². The number of methoxy groups -OCH3 is 1. The van der Waals surface area contributed by atoms with Crippen molar-refractivity contribution in [3.63, 3.8) is 0 Å². The molecular formula is C21H29ClN2O. The van der Waals surface area contributed by atoms with Crippen molar-refractivity contribution in [3.8, 4) is 5.75 Å². The molecule has 0 amide bonds. The van der Waals surface area contributed by atoms with Crippen LogP contribution in [0.25, 0.3) is 0 Å². The molecule has 0 atom stereocenters. The molecular weight excluding hydrogens is 332 g/mol. The van der Waals surface area contributed by atoms with Crippen molar-refractivity contribution in [1.29, 1.82) is 0 Å². The van der Waals surface area contributed by atoms with E-state index in [-0.39, 0.29) is 0 Å². The van der Waals surface area contributed by atoms with Gasteiger partial charge in [0.25, 0.3) is 0 Å². The predicted molar refractivity (Wildman–Crippen MR) is 110 cm³/mol. The Balaban J connectivity index is 0.00000151. The van der Waals surface area contributed by atoms with Gasteiger partial charge in [-0.3, -0.25) is 0 Å². The predicted octanol–water partition coefficient (Wildman–Crippen LogP) is 5.65. The molecule has 0 saturated carbocycles. The van der Waals surface area contributed by atoms with E-state index in [0.717, 1.165) is 47.2 Å². The van der Waals surface area contributed by atoms with Crippen LogP contribution in [0.1, 0.15) is 31.9 Å². The lowest BCUT2D eigenvalue weighted by atomic mass is 10.1. The Morgan fingerprint density at radius 2 is 1.80 bits per heavy atom. The van der Waals surface area contributed by atoms with Crippen LogP contribution >= 0.6 is 11.6 Å². The highest BCUT2D eigenvalue weighted by molar-refractivity contribution is 6.31. The Morgan fingerprint density at radius 1 is 1.12 bits per heavy atom. The number of anilines is 1. The molecule has 0 unspecified atom stereocenters. The van der Waals surface area contributed by atoms with Crippen molar-refractivity contribution < 1.29 is 4.74 Å². The van der Waals surface area contributed by atoms with E-state index in [9.17, 15) is 0 Å². The summed E-state index contributed by atoms with van der Waals surface area (Å²) in [6.07, 6.45) is 0.891. The molecule has 2 aromatic rings. The van der Waals surface area contributed by atoms with Gasteiger partial charge in [-0.05, 0) is 55.3 Å². The number of allylic oxidation sites excluding steroid dienone is 1. The number of benzene rings is 2. The summed E-state index contributed by atoms with van der Waals surface area (Å²) >= 11 is 6.33. The minimum Gasteiger partial charge on any atom is -0.497 e. The fourth-order valence-corrected chi connectivity index (χ4v) is 2.55. The second-order valence-electron chi connectivity index (χ2n) is 5.49. The zero-order valence-corrected chi connectivity index (χ0v) is 16.4. The lowest BCUT2D eigenvalue weighted by molar-refractivity contribution is 0.414. The minimum absolute atomic E-state index is 0.780. The number of hydrogen-bond acceptors (Lipinski definition) is 3. The molecule has 25 heavy (non-hydrogen) atoms. The van der Waals surface area contributed by atoms with E-state index in [0.29, 0.717) is 0 Å². The Bertz CT molecular complexity index is 653. The number of halogens is 1. The van der Waals surface area contributed by atoms with E-state index in [4.69, 9.17) is 16.3 Å². The fourth-order valence-electron chi connectivity index (χ4n) is 2.27. The fraction of sp³-hybridized carbons (Fsp3) is 0.333. The maximum atomic E-state index is 6.33. The molecule has 3 nitrogen and oxygen atoms in total. The zero-order chi connectivity index (χ0) is 18.7. The number of rotatable bonds is 8. The van der Waals surface area contributed by atoms with E-state index < -0.39 is 0 Å². The Kier molecular flexibility index (Phi) is 9.75. The third-order valence-electron chi connectivity index (χ3n) is 3.47. The monoisotopic (exact) mass is 360 g/mol. The summed E-state index contributed by atoms with van der Waals surface area (Å²) < 4.78 is 5.15. The average Bonchev–Trinajstić information content (AvgIpc) is 2.62. The van der Waals surface area contributed by atoms with Crippen molar-refractivity contribution in [2.45, 2.75) is 33.7 Å². The maximum Gasteiger partial charge on any atom is 0.118 e. The standard InChI is InChI=1S/C19H23ClN2O.C2H6/c1-14(2)22-17-7-6-16(19(20)12-17)10-11-21-13-15-4-8-18(23-3)9-5-15;1-2/h4-9,12,21-22H,1,10-11,13H2,2-3H3;1-2H3. The molecule has 2 rings (SSSR count). The average molecular weight is 361 g/mol. The molecule has 136 valence electrons. The smallest absolute Gasteiger partial charge is 0.118 e. The molecule has 0 aliphatic rings. The number of nitrogens with one attached hydrogen (secondary N) is 2. The Labute approximate surface area is 157 Å². The first-order chi connectivity index (χ1) is 12.1. The van der Waals surface area contributed by atoms with Crippen LogP contribution in [0.2, 0.25) is 5.02 Å².